The van der Waals surface area contributed by atoms with Crippen LogP contribution in [0.1, 0.15) is 105 Å². The maximum Gasteiger partial charge on any atom is 0.132 e. The second-order valence-electron chi connectivity index (χ2n) is 15.7. The van der Waals surface area contributed by atoms with E-state index in [0.29, 0.717) is 17.8 Å². The van der Waals surface area contributed by atoms with Crippen LogP contribution in [0.3, 0.4) is 0 Å². The van der Waals surface area contributed by atoms with Crippen molar-refractivity contribution in [3.63, 3.8) is 0 Å². The van der Waals surface area contributed by atoms with Gasteiger partial charge in [-0.25, -0.2) is 4.99 Å². The predicted octanol–water partition coefficient (Wildman–Crippen LogP) is 8.60. The Balaban J connectivity index is 1.24. The summed E-state index contributed by atoms with van der Waals surface area (Å²) in [5, 5.41) is 6.51. The molecule has 50 heavy (non-hydrogen) atoms. The normalized spacial score (nSPS) is 30.3. The number of benzene rings is 2. The van der Waals surface area contributed by atoms with Crippen LogP contribution in [0, 0.1) is 11.8 Å². The van der Waals surface area contributed by atoms with Crippen molar-refractivity contribution in [1.82, 2.24) is 15.2 Å². The molecule has 1 aromatic heterocycles. The van der Waals surface area contributed by atoms with Crippen molar-refractivity contribution in [1.29, 1.82) is 0 Å². The molecule has 4 nitrogen and oxygen atoms in total. The number of rotatable bonds is 5. The molecule has 0 spiro atoms. The lowest BCUT2D eigenvalue weighted by molar-refractivity contribution is 0.172. The second kappa shape index (κ2) is 12.7. The van der Waals surface area contributed by atoms with Crippen molar-refractivity contribution in [3.05, 3.63) is 153 Å². The van der Waals surface area contributed by atoms with E-state index in [2.05, 4.69) is 146 Å². The fourth-order valence-electron chi connectivity index (χ4n) is 10.1. The smallest absolute Gasteiger partial charge is 0.132 e. The molecule has 6 atom stereocenters. The molecular weight excluding hydrogens is 609 g/mol. The molecule has 0 fully saturated rings. The number of allylic oxidation sites excluding steroid dienone is 7. The Kier molecular flexibility index (Phi) is 8.03. The predicted molar refractivity (Wildman–Crippen MR) is 207 cm³/mol. The third kappa shape index (κ3) is 5.26. The molecule has 0 amide bonds. The summed E-state index contributed by atoms with van der Waals surface area (Å²) in [7, 11) is 2.26. The SMILES string of the molecule is CC1CC=CC2(C)c3ccccc3C(c3cc(C4N=C(C5=CCCC=C5)NC(C5=CC=CCC5)N4C)ccc3C3=c4cc[nH]c4=CCC3)CC12. The number of H-pyrrole nitrogens is 1. The van der Waals surface area contributed by atoms with Crippen LogP contribution in [0.25, 0.3) is 11.6 Å². The van der Waals surface area contributed by atoms with Crippen LogP contribution >= 0.6 is 0 Å². The van der Waals surface area contributed by atoms with Gasteiger partial charge in [-0.2, -0.15) is 0 Å². The van der Waals surface area contributed by atoms with Crippen LogP contribution < -0.4 is 15.9 Å². The number of aromatic amines is 1. The van der Waals surface area contributed by atoms with Crippen molar-refractivity contribution in [2.45, 2.75) is 88.9 Å². The van der Waals surface area contributed by atoms with Crippen LogP contribution in [-0.4, -0.2) is 28.9 Å². The molecule has 2 N–H and O–H groups in total. The number of hydrogen-bond donors (Lipinski definition) is 2. The fourth-order valence-corrected chi connectivity index (χ4v) is 10.1. The van der Waals surface area contributed by atoms with E-state index in [9.17, 15) is 0 Å². The van der Waals surface area contributed by atoms with Gasteiger partial charge in [0.25, 0.3) is 0 Å². The van der Waals surface area contributed by atoms with E-state index in [0.717, 1.165) is 57.2 Å². The minimum atomic E-state index is -0.0970. The van der Waals surface area contributed by atoms with Crippen molar-refractivity contribution in [2.24, 2.45) is 16.8 Å². The molecule has 6 unspecified atom stereocenters. The Hall–Kier alpha value is -4.41. The highest BCUT2D eigenvalue weighted by Gasteiger charge is 2.46. The molecule has 0 bridgehead atoms. The van der Waals surface area contributed by atoms with E-state index >= 15 is 0 Å². The maximum atomic E-state index is 5.53. The van der Waals surface area contributed by atoms with E-state index in [-0.39, 0.29) is 17.7 Å². The zero-order valence-corrected chi connectivity index (χ0v) is 29.8. The van der Waals surface area contributed by atoms with Gasteiger partial charge < -0.3 is 10.3 Å². The lowest BCUT2D eigenvalue weighted by atomic mass is 9.54. The van der Waals surface area contributed by atoms with Crippen molar-refractivity contribution < 1.29 is 0 Å². The summed E-state index contributed by atoms with van der Waals surface area (Å²) in [5.74, 6) is 2.56. The minimum Gasteiger partial charge on any atom is -0.361 e. The molecule has 3 aromatic rings. The maximum absolute atomic E-state index is 5.53. The summed E-state index contributed by atoms with van der Waals surface area (Å²) in [6.07, 6.45) is 32.0. The minimum absolute atomic E-state index is 0.0638. The average molecular weight is 659 g/mol. The molecule has 5 aliphatic carbocycles. The summed E-state index contributed by atoms with van der Waals surface area (Å²) in [6, 6.07) is 19.1. The van der Waals surface area contributed by atoms with Crippen molar-refractivity contribution in [3.8, 4) is 0 Å². The molecule has 2 heterocycles. The lowest BCUT2D eigenvalue weighted by Crippen LogP contribution is -2.53. The number of nitrogens with one attached hydrogen (secondary N) is 2. The molecular formula is C46H50N4. The second-order valence-corrected chi connectivity index (χ2v) is 15.7. The van der Waals surface area contributed by atoms with Crippen molar-refractivity contribution in [2.75, 3.05) is 7.05 Å². The number of hydrogen-bond acceptors (Lipinski definition) is 3. The molecule has 4 heteroatoms. The molecule has 9 rings (SSSR count). The quantitative estimate of drug-likeness (QED) is 0.270. The Morgan fingerprint density at radius 3 is 2.70 bits per heavy atom. The van der Waals surface area contributed by atoms with Gasteiger partial charge in [0.1, 0.15) is 18.2 Å². The number of aromatic nitrogens is 1. The van der Waals surface area contributed by atoms with E-state index in [1.54, 1.807) is 0 Å². The first-order chi connectivity index (χ1) is 24.5. The standard InChI is InChI=1S/C46H50N4/c1-30-14-13-26-46(2)40-21-11-10-19-36(40)39(29-41(30)46)38-28-33(23-24-35(38)34-20-12-22-42-37(34)25-27-47-42)45-49-43(31-15-6-4-7-16-31)48-44(50(45)3)32-17-8-5-9-18-32/h5-6,8,10-11,13,15-17,19,21-28,30,39,41,44-45,47H,4,7,9,12,14,18,20,29H2,1-3H3,(H,48,49). The highest BCUT2D eigenvalue weighted by atomic mass is 15.4. The lowest BCUT2D eigenvalue weighted by Gasteiger charge is -2.49. The first-order valence-corrected chi connectivity index (χ1v) is 19.1. The molecule has 0 radical (unpaired) electrons. The van der Waals surface area contributed by atoms with E-state index in [1.165, 1.54) is 55.1 Å². The summed E-state index contributed by atoms with van der Waals surface area (Å²) in [5.41, 5.74) is 11.4. The molecule has 254 valence electrons. The number of aliphatic imine (C=N–C) groups is 1. The van der Waals surface area contributed by atoms with E-state index < -0.39 is 0 Å². The van der Waals surface area contributed by atoms with Crippen molar-refractivity contribution >= 4 is 17.5 Å². The molecule has 0 saturated heterocycles. The Morgan fingerprint density at radius 2 is 1.84 bits per heavy atom. The zero-order chi connectivity index (χ0) is 33.8. The first-order valence-electron chi connectivity index (χ1n) is 19.1. The molecule has 6 aliphatic rings. The van der Waals surface area contributed by atoms with Crippen LogP contribution in [0.2, 0.25) is 0 Å². The molecule has 2 aromatic carbocycles. The largest absolute Gasteiger partial charge is 0.361 e. The number of fused-ring (bicyclic) bond motifs is 4. The van der Waals surface area contributed by atoms with Crippen LogP contribution in [-0.2, 0) is 5.41 Å². The van der Waals surface area contributed by atoms with Gasteiger partial charge in [0.05, 0.1) is 0 Å². The highest BCUT2D eigenvalue weighted by Crippen LogP contribution is 2.55. The summed E-state index contributed by atoms with van der Waals surface area (Å²) in [6.45, 7) is 4.98. The Morgan fingerprint density at radius 1 is 0.920 bits per heavy atom. The summed E-state index contributed by atoms with van der Waals surface area (Å²) < 4.78 is 0. The van der Waals surface area contributed by atoms with E-state index in [1.807, 2.05) is 0 Å². The molecule has 0 saturated carbocycles. The number of amidine groups is 1. The first kappa shape index (κ1) is 31.6. The average Bonchev–Trinajstić information content (AvgIpc) is 3.65. The number of nitrogens with zero attached hydrogens (tertiary/aromatic N) is 2. The van der Waals surface area contributed by atoms with Gasteiger partial charge in [-0.15, -0.1) is 0 Å². The Labute approximate surface area is 297 Å². The number of likely N-dealkylation sites (N-methyl/N-ethyl adjacent to an activating group) is 1. The Bertz CT molecular complexity index is 2130. The topological polar surface area (TPSA) is 43.4 Å². The summed E-state index contributed by atoms with van der Waals surface area (Å²) >= 11 is 0. The van der Waals surface area contributed by atoms with Gasteiger partial charge in [0.2, 0.25) is 0 Å². The highest BCUT2D eigenvalue weighted by molar-refractivity contribution is 6.01. The monoisotopic (exact) mass is 658 g/mol. The van der Waals surface area contributed by atoms with Gasteiger partial charge in [0, 0.05) is 33.7 Å². The third-order valence-electron chi connectivity index (χ3n) is 12.7. The van der Waals surface area contributed by atoms with Gasteiger partial charge in [-0.1, -0.05) is 111 Å². The van der Waals surface area contributed by atoms with Gasteiger partial charge in [-0.3, -0.25) is 4.90 Å². The third-order valence-corrected chi connectivity index (χ3v) is 12.7. The van der Waals surface area contributed by atoms with Crippen LogP contribution in [0.4, 0.5) is 0 Å². The van der Waals surface area contributed by atoms with Crippen LogP contribution in [0.15, 0.2) is 119 Å². The van der Waals surface area contributed by atoms with Gasteiger partial charge >= 0.3 is 0 Å². The summed E-state index contributed by atoms with van der Waals surface area (Å²) in [4.78, 5) is 11.5. The molecule has 1 aliphatic heterocycles. The van der Waals surface area contributed by atoms with E-state index in [4.69, 9.17) is 4.99 Å². The van der Waals surface area contributed by atoms with Gasteiger partial charge in [0.15, 0.2) is 0 Å². The zero-order valence-electron chi connectivity index (χ0n) is 29.8. The van der Waals surface area contributed by atoms with Crippen LogP contribution in [0.5, 0.6) is 0 Å². The van der Waals surface area contributed by atoms with Gasteiger partial charge in [-0.05, 0) is 115 Å². The fraction of sp³-hybridized carbons (Fsp3) is 0.370.